The van der Waals surface area contributed by atoms with Gasteiger partial charge in [0.25, 0.3) is 0 Å². The average Bonchev–Trinajstić information content (AvgIpc) is 2.20. The Hall–Kier alpha value is -1.76. The van der Waals surface area contributed by atoms with Gasteiger partial charge in [-0.25, -0.2) is 4.98 Å². The summed E-state index contributed by atoms with van der Waals surface area (Å²) in [7, 11) is 0. The SMILES string of the molecule is CCSc1cc2c(N)nc(N)nc2nc1N. The molecular formula is C9H12N6S. The Kier molecular flexibility index (Phi) is 2.69. The van der Waals surface area contributed by atoms with Crippen LogP contribution in [0.4, 0.5) is 17.6 Å². The number of nitrogen functional groups attached to an aromatic ring is 3. The van der Waals surface area contributed by atoms with E-state index < -0.39 is 0 Å². The first kappa shape index (κ1) is 10.7. The lowest BCUT2D eigenvalue weighted by atomic mass is 10.3. The van der Waals surface area contributed by atoms with Gasteiger partial charge in [0.2, 0.25) is 5.95 Å². The van der Waals surface area contributed by atoms with Crippen molar-refractivity contribution in [2.24, 2.45) is 0 Å². The molecule has 6 nitrogen and oxygen atoms in total. The molecule has 2 heterocycles. The smallest absolute Gasteiger partial charge is 0.224 e. The lowest BCUT2D eigenvalue weighted by Crippen LogP contribution is -2.03. The molecule has 0 radical (unpaired) electrons. The van der Waals surface area contributed by atoms with Crippen molar-refractivity contribution in [3.63, 3.8) is 0 Å². The number of aromatic nitrogens is 3. The summed E-state index contributed by atoms with van der Waals surface area (Å²) in [6.45, 7) is 2.04. The maximum atomic E-state index is 5.80. The van der Waals surface area contributed by atoms with Crippen LogP contribution in [0, 0.1) is 0 Å². The minimum Gasteiger partial charge on any atom is -0.383 e. The molecule has 0 amide bonds. The van der Waals surface area contributed by atoms with Crippen LogP contribution in [0.3, 0.4) is 0 Å². The summed E-state index contributed by atoms with van der Waals surface area (Å²) in [5.41, 5.74) is 17.5. The van der Waals surface area contributed by atoms with Crippen molar-refractivity contribution < 1.29 is 0 Å². The third kappa shape index (κ3) is 1.81. The lowest BCUT2D eigenvalue weighted by Gasteiger charge is -2.06. The van der Waals surface area contributed by atoms with Crippen molar-refractivity contribution in [1.82, 2.24) is 15.0 Å². The van der Waals surface area contributed by atoms with Crippen LogP contribution in [0.5, 0.6) is 0 Å². The molecule has 0 saturated heterocycles. The molecule has 0 unspecified atom stereocenters. The minimum absolute atomic E-state index is 0.104. The second kappa shape index (κ2) is 4.01. The van der Waals surface area contributed by atoms with Crippen LogP contribution in [-0.4, -0.2) is 20.7 Å². The molecule has 0 atom stereocenters. The predicted molar refractivity (Wildman–Crippen MR) is 67.0 cm³/mol. The molecule has 16 heavy (non-hydrogen) atoms. The predicted octanol–water partition coefficient (Wildman–Crippen LogP) is 0.883. The van der Waals surface area contributed by atoms with Gasteiger partial charge in [0.05, 0.1) is 10.3 Å². The molecule has 0 fully saturated rings. The summed E-state index contributed by atoms with van der Waals surface area (Å²) in [6.07, 6.45) is 0. The van der Waals surface area contributed by atoms with Gasteiger partial charge in [-0.3, -0.25) is 0 Å². The van der Waals surface area contributed by atoms with Crippen molar-refractivity contribution in [3.05, 3.63) is 6.07 Å². The summed E-state index contributed by atoms with van der Waals surface area (Å²) in [5, 5.41) is 0.680. The third-order valence-electron chi connectivity index (χ3n) is 2.03. The second-order valence-corrected chi connectivity index (χ2v) is 4.45. The summed E-state index contributed by atoms with van der Waals surface area (Å²) in [5.74, 6) is 1.78. The highest BCUT2D eigenvalue weighted by atomic mass is 32.2. The second-order valence-electron chi connectivity index (χ2n) is 3.14. The Balaban J connectivity index is 2.69. The van der Waals surface area contributed by atoms with Crippen molar-refractivity contribution in [1.29, 1.82) is 0 Å². The zero-order valence-corrected chi connectivity index (χ0v) is 9.58. The molecule has 0 aliphatic heterocycles. The van der Waals surface area contributed by atoms with Gasteiger partial charge in [-0.2, -0.15) is 9.97 Å². The van der Waals surface area contributed by atoms with Gasteiger partial charge in [-0.05, 0) is 11.8 Å². The zero-order valence-electron chi connectivity index (χ0n) is 8.77. The Morgan fingerprint density at radius 1 is 1.12 bits per heavy atom. The van der Waals surface area contributed by atoms with E-state index in [1.54, 1.807) is 11.8 Å². The third-order valence-corrected chi connectivity index (χ3v) is 2.95. The van der Waals surface area contributed by atoms with Crippen LogP contribution in [0.1, 0.15) is 6.92 Å². The minimum atomic E-state index is 0.104. The van der Waals surface area contributed by atoms with E-state index in [1.807, 2.05) is 13.0 Å². The molecule has 0 aromatic carbocycles. The molecule has 0 bridgehead atoms. The van der Waals surface area contributed by atoms with Crippen molar-refractivity contribution >= 4 is 40.4 Å². The Morgan fingerprint density at radius 2 is 1.88 bits per heavy atom. The maximum absolute atomic E-state index is 5.80. The first-order valence-corrected chi connectivity index (χ1v) is 5.72. The van der Waals surface area contributed by atoms with Crippen molar-refractivity contribution in [3.8, 4) is 0 Å². The Bertz CT molecular complexity index is 541. The number of rotatable bonds is 2. The number of nitrogens with zero attached hydrogens (tertiary/aromatic N) is 3. The molecule has 7 heteroatoms. The molecule has 6 N–H and O–H groups in total. The van der Waals surface area contributed by atoms with Gasteiger partial charge in [0, 0.05) is 0 Å². The Labute approximate surface area is 96.6 Å². The lowest BCUT2D eigenvalue weighted by molar-refractivity contribution is 1.18. The summed E-state index contributed by atoms with van der Waals surface area (Å²) < 4.78 is 0. The summed E-state index contributed by atoms with van der Waals surface area (Å²) >= 11 is 1.60. The molecule has 2 aromatic rings. The van der Waals surface area contributed by atoms with Gasteiger partial charge in [0.1, 0.15) is 11.6 Å². The largest absolute Gasteiger partial charge is 0.383 e. The van der Waals surface area contributed by atoms with E-state index in [0.29, 0.717) is 22.7 Å². The van der Waals surface area contributed by atoms with E-state index in [2.05, 4.69) is 15.0 Å². The van der Waals surface area contributed by atoms with E-state index in [4.69, 9.17) is 17.2 Å². The molecule has 2 aromatic heterocycles. The van der Waals surface area contributed by atoms with Gasteiger partial charge >= 0.3 is 0 Å². The topological polar surface area (TPSA) is 117 Å². The fraction of sp³-hybridized carbons (Fsp3) is 0.222. The van der Waals surface area contributed by atoms with E-state index in [9.17, 15) is 0 Å². The quantitative estimate of drug-likeness (QED) is 0.662. The summed E-state index contributed by atoms with van der Waals surface area (Å²) in [6, 6.07) is 1.85. The van der Waals surface area contributed by atoms with E-state index in [-0.39, 0.29) is 5.95 Å². The zero-order chi connectivity index (χ0) is 11.7. The van der Waals surface area contributed by atoms with Crippen molar-refractivity contribution in [2.75, 3.05) is 23.0 Å². The van der Waals surface area contributed by atoms with Crippen LogP contribution in [0.15, 0.2) is 11.0 Å². The number of pyridine rings is 1. The molecule has 0 spiro atoms. The molecular weight excluding hydrogens is 224 g/mol. The summed E-state index contributed by atoms with van der Waals surface area (Å²) in [4.78, 5) is 12.9. The number of fused-ring (bicyclic) bond motifs is 1. The molecule has 2 rings (SSSR count). The fourth-order valence-corrected chi connectivity index (χ4v) is 2.07. The highest BCUT2D eigenvalue weighted by Gasteiger charge is 2.09. The first-order valence-electron chi connectivity index (χ1n) is 4.73. The monoisotopic (exact) mass is 236 g/mol. The van der Waals surface area contributed by atoms with Crippen molar-refractivity contribution in [2.45, 2.75) is 11.8 Å². The van der Waals surface area contributed by atoms with Crippen LogP contribution in [0.25, 0.3) is 11.0 Å². The number of thioether (sulfide) groups is 1. The van der Waals surface area contributed by atoms with E-state index >= 15 is 0 Å². The van der Waals surface area contributed by atoms with Gasteiger partial charge in [-0.15, -0.1) is 11.8 Å². The van der Waals surface area contributed by atoms with Gasteiger partial charge < -0.3 is 17.2 Å². The maximum Gasteiger partial charge on any atom is 0.224 e. The van der Waals surface area contributed by atoms with Crippen LogP contribution < -0.4 is 17.2 Å². The first-order chi connectivity index (χ1) is 7.61. The molecule has 84 valence electrons. The highest BCUT2D eigenvalue weighted by Crippen LogP contribution is 2.28. The number of nitrogens with two attached hydrogens (primary N) is 3. The Morgan fingerprint density at radius 3 is 2.56 bits per heavy atom. The van der Waals surface area contributed by atoms with E-state index in [1.165, 1.54) is 0 Å². The van der Waals surface area contributed by atoms with Crippen LogP contribution >= 0.6 is 11.8 Å². The highest BCUT2D eigenvalue weighted by molar-refractivity contribution is 7.99. The van der Waals surface area contributed by atoms with Crippen LogP contribution in [0.2, 0.25) is 0 Å². The van der Waals surface area contributed by atoms with Gasteiger partial charge in [-0.1, -0.05) is 6.92 Å². The number of hydrogen-bond acceptors (Lipinski definition) is 7. The van der Waals surface area contributed by atoms with Crippen LogP contribution in [-0.2, 0) is 0 Å². The standard InChI is InChI=1S/C9H12N6S/c1-2-16-5-3-4-6(10)14-9(12)15-8(4)13-7(5)11/h3H,2H2,1H3,(H6,10,11,12,13,14,15). The number of hydrogen-bond donors (Lipinski definition) is 3. The van der Waals surface area contributed by atoms with E-state index in [0.717, 1.165) is 10.6 Å². The molecule has 0 saturated carbocycles. The average molecular weight is 236 g/mol. The molecule has 0 aliphatic carbocycles. The molecule has 0 aliphatic rings. The fourth-order valence-electron chi connectivity index (χ4n) is 1.36. The van der Waals surface area contributed by atoms with Gasteiger partial charge in [0.15, 0.2) is 5.65 Å². The normalized spacial score (nSPS) is 10.8. The number of anilines is 3.